The Bertz CT molecular complexity index is 479. The normalized spacial score (nSPS) is 12.9. The molecule has 0 spiro atoms. The highest BCUT2D eigenvalue weighted by Crippen LogP contribution is 2.15. The van der Waals surface area contributed by atoms with Crippen molar-refractivity contribution in [1.29, 1.82) is 0 Å². The Morgan fingerprint density at radius 3 is 1.37 bits per heavy atom. The summed E-state index contributed by atoms with van der Waals surface area (Å²) in [5.41, 5.74) is 0. The largest absolute Gasteiger partial charge is 0.463 e. The molecule has 0 aromatic carbocycles. The molecule has 0 fully saturated rings. The van der Waals surface area contributed by atoms with Crippen LogP contribution in [0.15, 0.2) is 0 Å². The molecule has 1 unspecified atom stereocenters. The van der Waals surface area contributed by atoms with Gasteiger partial charge < -0.3 is 14.6 Å². The molecule has 0 aliphatic carbocycles. The first-order valence-electron chi connectivity index (χ1n) is 15.0. The van der Waals surface area contributed by atoms with E-state index in [1.807, 2.05) is 0 Å². The Balaban J connectivity index is 3.45. The maximum Gasteiger partial charge on any atom is 0.305 e. The maximum atomic E-state index is 11.8. The summed E-state index contributed by atoms with van der Waals surface area (Å²) in [7, 11) is 0. The average molecular weight is 499 g/mol. The lowest BCUT2D eigenvalue weighted by Crippen LogP contribution is -2.25. The summed E-state index contributed by atoms with van der Waals surface area (Å²) in [6, 6.07) is 0. The molecule has 0 rings (SSSR count). The molecule has 0 radical (unpaired) electrons. The highest BCUT2D eigenvalue weighted by atomic mass is 16.6. The van der Waals surface area contributed by atoms with E-state index >= 15 is 0 Å². The molecule has 0 aromatic heterocycles. The Hall–Kier alpha value is -1.10. The van der Waals surface area contributed by atoms with Crippen molar-refractivity contribution >= 4 is 11.9 Å². The lowest BCUT2D eigenvalue weighted by molar-refractivity contribution is -0.152. The Morgan fingerprint density at radius 1 is 0.600 bits per heavy atom. The molecule has 2 atom stereocenters. The van der Waals surface area contributed by atoms with E-state index < -0.39 is 6.10 Å². The average Bonchev–Trinajstić information content (AvgIpc) is 2.86. The number of ether oxygens (including phenoxy) is 2. The van der Waals surface area contributed by atoms with E-state index in [9.17, 15) is 14.7 Å². The zero-order valence-electron chi connectivity index (χ0n) is 23.5. The summed E-state index contributed by atoms with van der Waals surface area (Å²) in [6.45, 7) is 6.58. The molecule has 5 nitrogen and oxygen atoms in total. The molecular formula is C30H58O5. The lowest BCUT2D eigenvalue weighted by atomic mass is 10.00. The summed E-state index contributed by atoms with van der Waals surface area (Å²) >= 11 is 0. The van der Waals surface area contributed by atoms with E-state index in [-0.39, 0.29) is 25.2 Å². The molecule has 35 heavy (non-hydrogen) atoms. The van der Waals surface area contributed by atoms with Crippen LogP contribution in [0.3, 0.4) is 0 Å². The molecule has 1 N–H and O–H groups in total. The van der Waals surface area contributed by atoms with Crippen LogP contribution in [0.25, 0.3) is 0 Å². The molecule has 0 heterocycles. The molecule has 0 aromatic rings. The van der Waals surface area contributed by atoms with E-state index in [1.54, 1.807) is 0 Å². The van der Waals surface area contributed by atoms with E-state index in [1.165, 1.54) is 89.9 Å². The van der Waals surface area contributed by atoms with Gasteiger partial charge in [0.05, 0.1) is 0 Å². The first kappa shape index (κ1) is 33.9. The first-order chi connectivity index (χ1) is 17.0. The highest BCUT2D eigenvalue weighted by molar-refractivity contribution is 5.69. The fraction of sp³-hybridized carbons (Fsp3) is 0.933. The van der Waals surface area contributed by atoms with Crippen molar-refractivity contribution < 1.29 is 24.2 Å². The van der Waals surface area contributed by atoms with Gasteiger partial charge in [-0.05, 0) is 18.8 Å². The van der Waals surface area contributed by atoms with E-state index in [4.69, 9.17) is 9.47 Å². The Kier molecular flexibility index (Phi) is 25.2. The summed E-state index contributed by atoms with van der Waals surface area (Å²) < 4.78 is 10.2. The van der Waals surface area contributed by atoms with Crippen LogP contribution < -0.4 is 0 Å². The van der Waals surface area contributed by atoms with Gasteiger partial charge in [0.15, 0.2) is 0 Å². The second-order valence-electron chi connectivity index (χ2n) is 10.5. The summed E-state index contributed by atoms with van der Waals surface area (Å²) in [4.78, 5) is 23.6. The van der Waals surface area contributed by atoms with E-state index in [0.29, 0.717) is 12.8 Å². The van der Waals surface area contributed by atoms with Crippen LogP contribution in [-0.2, 0) is 19.1 Å². The monoisotopic (exact) mass is 498 g/mol. The number of rotatable bonds is 26. The molecule has 208 valence electrons. The molecule has 0 aliphatic rings. The minimum absolute atomic E-state index is 0.110. The third-order valence-corrected chi connectivity index (χ3v) is 6.88. The number of hydrogen-bond acceptors (Lipinski definition) is 5. The third kappa shape index (κ3) is 25.8. The van der Waals surface area contributed by atoms with Gasteiger partial charge in [-0.25, -0.2) is 0 Å². The van der Waals surface area contributed by atoms with Crippen LogP contribution in [0, 0.1) is 5.92 Å². The standard InChI is InChI=1S/C30H58O5/c1-4-6-7-8-9-10-11-12-13-17-20-23-29(32)34-25-28(31)26-35-30(33)24-21-18-15-14-16-19-22-27(3)5-2/h27-28,31H,4-26H2,1-3H3/t27?,28-/m0/s1. The van der Waals surface area contributed by atoms with Gasteiger partial charge in [-0.3, -0.25) is 9.59 Å². The predicted octanol–water partition coefficient (Wildman–Crippen LogP) is 8.30. The van der Waals surface area contributed by atoms with Crippen molar-refractivity contribution in [1.82, 2.24) is 0 Å². The second kappa shape index (κ2) is 26.0. The predicted molar refractivity (Wildman–Crippen MR) is 145 cm³/mol. The number of esters is 2. The van der Waals surface area contributed by atoms with Gasteiger partial charge >= 0.3 is 11.9 Å². The molecular weight excluding hydrogens is 440 g/mol. The minimum Gasteiger partial charge on any atom is -0.463 e. The van der Waals surface area contributed by atoms with E-state index in [2.05, 4.69) is 20.8 Å². The van der Waals surface area contributed by atoms with Gasteiger partial charge in [0.1, 0.15) is 19.3 Å². The van der Waals surface area contributed by atoms with Crippen molar-refractivity contribution in [2.75, 3.05) is 13.2 Å². The van der Waals surface area contributed by atoms with Gasteiger partial charge in [-0.2, -0.15) is 0 Å². The molecule has 0 saturated carbocycles. The molecule has 5 heteroatoms. The number of carbonyl (C=O) groups is 2. The van der Waals surface area contributed by atoms with Gasteiger partial charge in [-0.15, -0.1) is 0 Å². The van der Waals surface area contributed by atoms with Gasteiger partial charge in [0.25, 0.3) is 0 Å². The van der Waals surface area contributed by atoms with Crippen molar-refractivity contribution in [2.45, 2.75) is 162 Å². The number of aliphatic hydroxyl groups is 1. The number of carbonyl (C=O) groups excluding carboxylic acids is 2. The van der Waals surface area contributed by atoms with Crippen LogP contribution in [0.2, 0.25) is 0 Å². The van der Waals surface area contributed by atoms with Crippen molar-refractivity contribution in [3.8, 4) is 0 Å². The number of aliphatic hydroxyl groups excluding tert-OH is 1. The quantitative estimate of drug-likeness (QED) is 0.0959. The van der Waals surface area contributed by atoms with Crippen LogP contribution in [0.5, 0.6) is 0 Å². The van der Waals surface area contributed by atoms with Crippen LogP contribution in [-0.4, -0.2) is 36.4 Å². The zero-order valence-corrected chi connectivity index (χ0v) is 23.5. The number of hydrogen-bond donors (Lipinski definition) is 1. The lowest BCUT2D eigenvalue weighted by Gasteiger charge is -2.12. The van der Waals surface area contributed by atoms with Gasteiger partial charge in [0.2, 0.25) is 0 Å². The molecule has 0 bridgehead atoms. The fourth-order valence-electron chi connectivity index (χ4n) is 4.18. The van der Waals surface area contributed by atoms with Crippen molar-refractivity contribution in [3.63, 3.8) is 0 Å². The SMILES string of the molecule is CCCCCCCCCCCCCC(=O)OC[C@H](O)COC(=O)CCCCCCCCC(C)CC. The minimum atomic E-state index is -0.953. The van der Waals surface area contributed by atoms with Gasteiger partial charge in [0, 0.05) is 12.8 Å². The zero-order chi connectivity index (χ0) is 26.0. The van der Waals surface area contributed by atoms with Crippen molar-refractivity contribution in [3.05, 3.63) is 0 Å². The molecule has 0 aliphatic heterocycles. The van der Waals surface area contributed by atoms with Crippen molar-refractivity contribution in [2.24, 2.45) is 5.92 Å². The van der Waals surface area contributed by atoms with E-state index in [0.717, 1.165) is 38.0 Å². The third-order valence-electron chi connectivity index (χ3n) is 6.88. The van der Waals surface area contributed by atoms with Crippen LogP contribution in [0.4, 0.5) is 0 Å². The smallest absolute Gasteiger partial charge is 0.305 e. The Labute approximate surface area is 217 Å². The summed E-state index contributed by atoms with van der Waals surface area (Å²) in [5.74, 6) is 0.265. The topological polar surface area (TPSA) is 72.8 Å². The Morgan fingerprint density at radius 2 is 0.971 bits per heavy atom. The molecule has 0 saturated heterocycles. The first-order valence-corrected chi connectivity index (χ1v) is 15.0. The summed E-state index contributed by atoms with van der Waals surface area (Å²) in [6.07, 6.45) is 22.9. The molecule has 0 amide bonds. The van der Waals surface area contributed by atoms with Crippen LogP contribution >= 0.6 is 0 Å². The second-order valence-corrected chi connectivity index (χ2v) is 10.5. The maximum absolute atomic E-state index is 11.8. The highest BCUT2D eigenvalue weighted by Gasteiger charge is 2.12. The fourth-order valence-corrected chi connectivity index (χ4v) is 4.18. The van der Waals surface area contributed by atoms with Crippen LogP contribution in [0.1, 0.15) is 156 Å². The number of unbranched alkanes of at least 4 members (excludes halogenated alkanes) is 15. The summed E-state index contributed by atoms with van der Waals surface area (Å²) in [5, 5.41) is 9.90. The van der Waals surface area contributed by atoms with Gasteiger partial charge in [-0.1, -0.05) is 130 Å².